The first kappa shape index (κ1) is 25.0. The van der Waals surface area contributed by atoms with Crippen molar-refractivity contribution in [3.8, 4) is 5.75 Å². The number of carbonyl (C=O) groups is 2. The highest BCUT2D eigenvalue weighted by atomic mass is 127. The van der Waals surface area contributed by atoms with E-state index < -0.39 is 0 Å². The highest BCUT2D eigenvalue weighted by molar-refractivity contribution is 14.0. The summed E-state index contributed by atoms with van der Waals surface area (Å²) in [7, 11) is 3.18. The Morgan fingerprint density at radius 2 is 1.56 bits per heavy atom. The van der Waals surface area contributed by atoms with Gasteiger partial charge in [-0.15, -0.1) is 24.0 Å². The van der Waals surface area contributed by atoms with E-state index in [0.717, 1.165) is 11.3 Å². The SMILES string of the molecule is CN=C(NCC(=O)NCc1ccc(OC)cc1)NCC(=O)NC(C)(C)C.I. The van der Waals surface area contributed by atoms with E-state index in [1.165, 1.54) is 0 Å². The zero-order chi connectivity index (χ0) is 19.6. The molecule has 0 fully saturated rings. The van der Waals surface area contributed by atoms with Gasteiger partial charge in [0.2, 0.25) is 11.8 Å². The monoisotopic (exact) mass is 491 g/mol. The predicted octanol–water partition coefficient (Wildman–Crippen LogP) is 1.01. The molecule has 8 nitrogen and oxygen atoms in total. The third kappa shape index (κ3) is 11.3. The highest BCUT2D eigenvalue weighted by Crippen LogP contribution is 2.10. The molecule has 0 aliphatic carbocycles. The normalized spacial score (nSPS) is 11.1. The van der Waals surface area contributed by atoms with Gasteiger partial charge in [0, 0.05) is 19.1 Å². The molecule has 0 aliphatic heterocycles. The number of carbonyl (C=O) groups excluding carboxylic acids is 2. The minimum absolute atomic E-state index is 0. The van der Waals surface area contributed by atoms with Crippen LogP contribution >= 0.6 is 24.0 Å². The molecule has 2 amide bonds. The Bertz CT molecular complexity index is 627. The summed E-state index contributed by atoms with van der Waals surface area (Å²) in [6.45, 7) is 6.27. The molecule has 1 rings (SSSR count). The highest BCUT2D eigenvalue weighted by Gasteiger charge is 2.13. The first-order chi connectivity index (χ1) is 12.2. The Hall–Kier alpha value is -2.04. The number of methoxy groups -OCH3 is 1. The summed E-state index contributed by atoms with van der Waals surface area (Å²) in [5.74, 6) is 0.827. The van der Waals surface area contributed by atoms with Gasteiger partial charge in [-0.2, -0.15) is 0 Å². The van der Waals surface area contributed by atoms with Crippen molar-refractivity contribution in [2.75, 3.05) is 27.2 Å². The van der Waals surface area contributed by atoms with Crippen LogP contribution in [0.3, 0.4) is 0 Å². The van der Waals surface area contributed by atoms with Crippen LogP contribution in [0.5, 0.6) is 5.75 Å². The van der Waals surface area contributed by atoms with Crippen molar-refractivity contribution >= 4 is 41.8 Å². The number of hydrogen-bond acceptors (Lipinski definition) is 4. The topological polar surface area (TPSA) is 104 Å². The zero-order valence-corrected chi connectivity index (χ0v) is 18.8. The second kappa shape index (κ2) is 12.4. The van der Waals surface area contributed by atoms with E-state index in [9.17, 15) is 9.59 Å². The van der Waals surface area contributed by atoms with Gasteiger partial charge < -0.3 is 26.0 Å². The number of nitrogens with one attached hydrogen (secondary N) is 4. The second-order valence-electron chi connectivity index (χ2n) is 6.70. The van der Waals surface area contributed by atoms with Crippen molar-refractivity contribution in [3.63, 3.8) is 0 Å². The Morgan fingerprint density at radius 3 is 2.04 bits per heavy atom. The summed E-state index contributed by atoms with van der Waals surface area (Å²) < 4.78 is 5.09. The number of aliphatic imine (C=N–C) groups is 1. The number of nitrogens with zero attached hydrogens (tertiary/aromatic N) is 1. The smallest absolute Gasteiger partial charge is 0.239 e. The fourth-order valence-electron chi connectivity index (χ4n) is 2.02. The average molecular weight is 491 g/mol. The van der Waals surface area contributed by atoms with Crippen molar-refractivity contribution in [2.24, 2.45) is 4.99 Å². The molecule has 152 valence electrons. The molecule has 0 radical (unpaired) electrons. The summed E-state index contributed by atoms with van der Waals surface area (Å²) >= 11 is 0. The van der Waals surface area contributed by atoms with Gasteiger partial charge in [0.15, 0.2) is 5.96 Å². The Labute approximate surface area is 177 Å². The molecule has 27 heavy (non-hydrogen) atoms. The van der Waals surface area contributed by atoms with Crippen LogP contribution in [0, 0.1) is 0 Å². The van der Waals surface area contributed by atoms with Gasteiger partial charge in [-0.3, -0.25) is 14.6 Å². The minimum Gasteiger partial charge on any atom is -0.497 e. The Balaban J connectivity index is 0.00000676. The van der Waals surface area contributed by atoms with Crippen LogP contribution in [0.15, 0.2) is 29.3 Å². The summed E-state index contributed by atoms with van der Waals surface area (Å²) in [5.41, 5.74) is 0.678. The average Bonchev–Trinajstić information content (AvgIpc) is 2.59. The fourth-order valence-corrected chi connectivity index (χ4v) is 2.02. The van der Waals surface area contributed by atoms with Gasteiger partial charge in [-0.05, 0) is 38.5 Å². The first-order valence-corrected chi connectivity index (χ1v) is 8.38. The van der Waals surface area contributed by atoms with Gasteiger partial charge in [-0.1, -0.05) is 12.1 Å². The molecular weight excluding hydrogens is 461 g/mol. The maximum Gasteiger partial charge on any atom is 0.239 e. The third-order valence-corrected chi connectivity index (χ3v) is 3.22. The summed E-state index contributed by atoms with van der Waals surface area (Å²) in [4.78, 5) is 27.7. The maximum absolute atomic E-state index is 11.9. The molecule has 0 aliphatic rings. The maximum atomic E-state index is 11.9. The van der Waals surface area contributed by atoms with Gasteiger partial charge >= 0.3 is 0 Å². The lowest BCUT2D eigenvalue weighted by Gasteiger charge is -2.21. The van der Waals surface area contributed by atoms with Gasteiger partial charge in [0.05, 0.1) is 20.2 Å². The number of amides is 2. The van der Waals surface area contributed by atoms with Crippen molar-refractivity contribution in [2.45, 2.75) is 32.9 Å². The Morgan fingerprint density at radius 1 is 1.00 bits per heavy atom. The number of guanidine groups is 1. The molecule has 0 aromatic heterocycles. The molecular formula is C18H30IN5O3. The fraction of sp³-hybridized carbons (Fsp3) is 0.500. The van der Waals surface area contributed by atoms with E-state index in [2.05, 4.69) is 26.3 Å². The van der Waals surface area contributed by atoms with Crippen molar-refractivity contribution in [3.05, 3.63) is 29.8 Å². The molecule has 9 heteroatoms. The minimum atomic E-state index is -0.295. The number of hydrogen-bond donors (Lipinski definition) is 4. The van der Waals surface area contributed by atoms with E-state index >= 15 is 0 Å². The second-order valence-corrected chi connectivity index (χ2v) is 6.70. The molecule has 0 unspecified atom stereocenters. The van der Waals surface area contributed by atoms with E-state index in [4.69, 9.17) is 4.74 Å². The molecule has 1 aromatic carbocycles. The summed E-state index contributed by atoms with van der Waals surface area (Å²) in [6, 6.07) is 7.46. The van der Waals surface area contributed by atoms with Crippen molar-refractivity contribution in [1.29, 1.82) is 0 Å². The summed E-state index contributed by atoms with van der Waals surface area (Å²) in [5, 5.41) is 11.4. The number of ether oxygens (including phenoxy) is 1. The standard InChI is InChI=1S/C18H29N5O3.HI/c1-18(2,3)23-16(25)12-22-17(19-4)21-11-15(24)20-10-13-6-8-14(26-5)9-7-13;/h6-9H,10-12H2,1-5H3,(H,20,24)(H,23,25)(H2,19,21,22);1H. The molecule has 0 bridgehead atoms. The van der Waals surface area contributed by atoms with Crippen molar-refractivity contribution in [1.82, 2.24) is 21.3 Å². The van der Waals surface area contributed by atoms with Crippen LogP contribution < -0.4 is 26.0 Å². The molecule has 0 saturated carbocycles. The van der Waals surface area contributed by atoms with E-state index in [1.54, 1.807) is 14.2 Å². The Kier molecular flexibility index (Phi) is 11.4. The molecule has 0 atom stereocenters. The lowest BCUT2D eigenvalue weighted by Crippen LogP contribution is -2.49. The lowest BCUT2D eigenvalue weighted by molar-refractivity contribution is -0.121. The quantitative estimate of drug-likeness (QED) is 0.259. The molecule has 4 N–H and O–H groups in total. The van der Waals surface area contributed by atoms with Crippen molar-refractivity contribution < 1.29 is 14.3 Å². The number of benzene rings is 1. The third-order valence-electron chi connectivity index (χ3n) is 3.22. The molecule has 1 aromatic rings. The van der Waals surface area contributed by atoms with Gasteiger partial charge in [0.1, 0.15) is 5.75 Å². The first-order valence-electron chi connectivity index (χ1n) is 8.38. The molecule has 0 heterocycles. The number of halogens is 1. The number of rotatable bonds is 7. The largest absolute Gasteiger partial charge is 0.497 e. The van der Waals surface area contributed by atoms with Crippen LogP contribution in [0.4, 0.5) is 0 Å². The van der Waals surface area contributed by atoms with Crippen LogP contribution in [0.1, 0.15) is 26.3 Å². The van der Waals surface area contributed by atoms with Crippen LogP contribution in [0.2, 0.25) is 0 Å². The molecule has 0 spiro atoms. The van der Waals surface area contributed by atoms with Crippen LogP contribution in [-0.2, 0) is 16.1 Å². The van der Waals surface area contributed by atoms with E-state index in [-0.39, 0.29) is 54.4 Å². The summed E-state index contributed by atoms with van der Waals surface area (Å²) in [6.07, 6.45) is 0. The zero-order valence-electron chi connectivity index (χ0n) is 16.5. The van der Waals surface area contributed by atoms with Crippen LogP contribution in [-0.4, -0.2) is 50.6 Å². The molecule has 0 saturated heterocycles. The van der Waals surface area contributed by atoms with E-state index in [1.807, 2.05) is 45.0 Å². The van der Waals surface area contributed by atoms with Gasteiger partial charge in [0.25, 0.3) is 0 Å². The van der Waals surface area contributed by atoms with Crippen LogP contribution in [0.25, 0.3) is 0 Å². The van der Waals surface area contributed by atoms with E-state index in [0.29, 0.717) is 12.5 Å². The lowest BCUT2D eigenvalue weighted by atomic mass is 10.1. The predicted molar refractivity (Wildman–Crippen MR) is 118 cm³/mol. The van der Waals surface area contributed by atoms with Gasteiger partial charge in [-0.25, -0.2) is 0 Å².